The molecule has 0 aliphatic rings. The van der Waals surface area contributed by atoms with E-state index in [1.54, 1.807) is 14.0 Å². The molecule has 0 saturated carbocycles. The van der Waals surface area contributed by atoms with Crippen LogP contribution in [0.15, 0.2) is 29.8 Å². The molecule has 0 amide bonds. The van der Waals surface area contributed by atoms with E-state index in [2.05, 4.69) is 11.8 Å². The molecule has 0 spiro atoms. The first kappa shape index (κ1) is 13.3. The van der Waals surface area contributed by atoms with Crippen molar-refractivity contribution in [3.8, 4) is 17.6 Å². The molecule has 1 aromatic carbocycles. The number of methoxy groups -OCH3 is 1. The van der Waals surface area contributed by atoms with Gasteiger partial charge < -0.3 is 9.84 Å². The molecule has 1 aromatic rings. The monoisotopic (exact) mass is 230 g/mol. The van der Waals surface area contributed by atoms with Crippen LogP contribution in [0.3, 0.4) is 0 Å². The molecule has 0 saturated heterocycles. The molecule has 1 N–H and O–H groups in total. The Morgan fingerprint density at radius 1 is 1.24 bits per heavy atom. The quantitative estimate of drug-likeness (QED) is 0.809. The Kier molecular flexibility index (Phi) is 4.81. The number of rotatable bonds is 3. The summed E-state index contributed by atoms with van der Waals surface area (Å²) >= 11 is 0. The average Bonchev–Trinajstić information content (AvgIpc) is 2.30. The maximum atomic E-state index is 10.00. The lowest BCUT2D eigenvalue weighted by Gasteiger charge is -2.13. The van der Waals surface area contributed by atoms with Crippen molar-refractivity contribution in [1.82, 2.24) is 0 Å². The normalized spacial score (nSPS) is 11.1. The highest BCUT2D eigenvalue weighted by atomic mass is 16.5. The zero-order valence-corrected chi connectivity index (χ0v) is 10.7. The van der Waals surface area contributed by atoms with Gasteiger partial charge in [-0.05, 0) is 44.0 Å². The number of aliphatic hydroxyl groups excluding tert-OH is 1. The van der Waals surface area contributed by atoms with Crippen molar-refractivity contribution in [1.29, 1.82) is 0 Å². The SMILES string of the molecule is CC#CC(O)C(=C(C)C)c1ccc(OC)cc1. The summed E-state index contributed by atoms with van der Waals surface area (Å²) in [5, 5.41) is 10.00. The largest absolute Gasteiger partial charge is 0.497 e. The molecule has 0 aromatic heterocycles. The molecule has 0 fully saturated rings. The fourth-order valence-corrected chi connectivity index (χ4v) is 1.70. The Labute approximate surface area is 103 Å². The van der Waals surface area contributed by atoms with Crippen molar-refractivity contribution in [3.63, 3.8) is 0 Å². The lowest BCUT2D eigenvalue weighted by atomic mass is 9.96. The molecule has 0 bridgehead atoms. The van der Waals surface area contributed by atoms with Crippen molar-refractivity contribution >= 4 is 5.57 Å². The molecule has 0 aliphatic carbocycles. The van der Waals surface area contributed by atoms with E-state index in [0.717, 1.165) is 22.5 Å². The van der Waals surface area contributed by atoms with Crippen LogP contribution in [0.2, 0.25) is 0 Å². The third-order valence-electron chi connectivity index (χ3n) is 2.49. The van der Waals surface area contributed by atoms with Crippen LogP contribution >= 0.6 is 0 Å². The van der Waals surface area contributed by atoms with Crippen LogP contribution in [0, 0.1) is 11.8 Å². The highest BCUT2D eigenvalue weighted by Crippen LogP contribution is 2.24. The van der Waals surface area contributed by atoms with Gasteiger partial charge in [-0.25, -0.2) is 0 Å². The Balaban J connectivity index is 3.14. The lowest BCUT2D eigenvalue weighted by Crippen LogP contribution is -2.08. The van der Waals surface area contributed by atoms with E-state index in [4.69, 9.17) is 4.74 Å². The first-order valence-corrected chi connectivity index (χ1v) is 5.52. The summed E-state index contributed by atoms with van der Waals surface area (Å²) in [6.07, 6.45) is -0.738. The van der Waals surface area contributed by atoms with E-state index in [1.165, 1.54) is 0 Å². The van der Waals surface area contributed by atoms with E-state index < -0.39 is 6.10 Å². The minimum absolute atomic E-state index is 0.738. The third-order valence-corrected chi connectivity index (χ3v) is 2.49. The third kappa shape index (κ3) is 3.37. The fourth-order valence-electron chi connectivity index (χ4n) is 1.70. The second kappa shape index (κ2) is 6.12. The standard InChI is InChI=1S/C15H18O2/c1-5-6-14(16)15(11(2)3)12-7-9-13(17-4)10-8-12/h7-10,14,16H,1-4H3. The Bertz CT molecular complexity index is 454. The van der Waals surface area contributed by atoms with Crippen LogP contribution in [-0.4, -0.2) is 18.3 Å². The molecule has 0 heterocycles. The molecule has 1 unspecified atom stereocenters. The molecular weight excluding hydrogens is 212 g/mol. The van der Waals surface area contributed by atoms with Crippen molar-refractivity contribution in [3.05, 3.63) is 35.4 Å². The van der Waals surface area contributed by atoms with Crippen molar-refractivity contribution in [2.75, 3.05) is 7.11 Å². The topological polar surface area (TPSA) is 29.5 Å². The molecule has 0 aliphatic heterocycles. The second-order valence-electron chi connectivity index (χ2n) is 3.94. The maximum absolute atomic E-state index is 10.00. The average molecular weight is 230 g/mol. The van der Waals surface area contributed by atoms with Gasteiger partial charge in [-0.1, -0.05) is 23.6 Å². The van der Waals surface area contributed by atoms with E-state index in [1.807, 2.05) is 38.1 Å². The number of hydrogen-bond acceptors (Lipinski definition) is 2. The predicted octanol–water partition coefficient (Wildman–Crippen LogP) is 2.87. The fraction of sp³-hybridized carbons (Fsp3) is 0.333. The molecule has 17 heavy (non-hydrogen) atoms. The second-order valence-corrected chi connectivity index (χ2v) is 3.94. The summed E-state index contributed by atoms with van der Waals surface area (Å²) < 4.78 is 5.11. The van der Waals surface area contributed by atoms with Gasteiger partial charge in [-0.15, -0.1) is 5.92 Å². The summed E-state index contributed by atoms with van der Waals surface area (Å²) in [5.41, 5.74) is 2.90. The first-order valence-electron chi connectivity index (χ1n) is 5.52. The number of hydrogen-bond donors (Lipinski definition) is 1. The van der Waals surface area contributed by atoms with Gasteiger partial charge in [0.15, 0.2) is 0 Å². The summed E-state index contributed by atoms with van der Waals surface area (Å²) in [4.78, 5) is 0. The van der Waals surface area contributed by atoms with Gasteiger partial charge in [0.05, 0.1) is 7.11 Å². The minimum Gasteiger partial charge on any atom is -0.497 e. The lowest BCUT2D eigenvalue weighted by molar-refractivity contribution is 0.288. The zero-order valence-electron chi connectivity index (χ0n) is 10.7. The smallest absolute Gasteiger partial charge is 0.140 e. The van der Waals surface area contributed by atoms with Crippen LogP contribution in [0.5, 0.6) is 5.75 Å². The summed E-state index contributed by atoms with van der Waals surface area (Å²) in [7, 11) is 1.63. The first-order chi connectivity index (χ1) is 8.10. The van der Waals surface area contributed by atoms with Gasteiger partial charge in [-0.3, -0.25) is 0 Å². The van der Waals surface area contributed by atoms with Crippen LogP contribution < -0.4 is 4.74 Å². The van der Waals surface area contributed by atoms with Crippen molar-refractivity contribution in [2.45, 2.75) is 26.9 Å². The molecule has 90 valence electrons. The van der Waals surface area contributed by atoms with Gasteiger partial charge in [-0.2, -0.15) is 0 Å². The van der Waals surface area contributed by atoms with Crippen LogP contribution in [-0.2, 0) is 0 Å². The number of aliphatic hydroxyl groups is 1. The molecular formula is C15H18O2. The van der Waals surface area contributed by atoms with Gasteiger partial charge in [0.1, 0.15) is 11.9 Å². The highest BCUT2D eigenvalue weighted by molar-refractivity contribution is 5.73. The summed E-state index contributed by atoms with van der Waals surface area (Å²) in [6.45, 7) is 5.67. The Morgan fingerprint density at radius 2 is 1.82 bits per heavy atom. The van der Waals surface area contributed by atoms with Crippen LogP contribution in [0.25, 0.3) is 5.57 Å². The predicted molar refractivity (Wildman–Crippen MR) is 70.7 cm³/mol. The van der Waals surface area contributed by atoms with Crippen molar-refractivity contribution in [2.24, 2.45) is 0 Å². The molecule has 0 radical (unpaired) electrons. The molecule has 1 atom stereocenters. The summed E-state index contributed by atoms with van der Waals surface area (Å²) in [6, 6.07) is 7.62. The molecule has 1 rings (SSSR count). The molecule has 2 nitrogen and oxygen atoms in total. The van der Waals surface area contributed by atoms with Crippen LogP contribution in [0.1, 0.15) is 26.3 Å². The highest BCUT2D eigenvalue weighted by Gasteiger charge is 2.12. The van der Waals surface area contributed by atoms with E-state index in [-0.39, 0.29) is 0 Å². The molecule has 2 heteroatoms. The van der Waals surface area contributed by atoms with Crippen LogP contribution in [0.4, 0.5) is 0 Å². The zero-order chi connectivity index (χ0) is 12.8. The van der Waals surface area contributed by atoms with Gasteiger partial charge in [0.25, 0.3) is 0 Å². The van der Waals surface area contributed by atoms with Crippen molar-refractivity contribution < 1.29 is 9.84 Å². The number of benzene rings is 1. The van der Waals surface area contributed by atoms with E-state index in [9.17, 15) is 5.11 Å². The van der Waals surface area contributed by atoms with Gasteiger partial charge in [0, 0.05) is 0 Å². The Hall–Kier alpha value is -1.72. The summed E-state index contributed by atoms with van der Waals surface area (Å²) in [5.74, 6) is 6.31. The van der Waals surface area contributed by atoms with E-state index in [0.29, 0.717) is 0 Å². The number of allylic oxidation sites excluding steroid dienone is 1. The van der Waals surface area contributed by atoms with Gasteiger partial charge >= 0.3 is 0 Å². The number of ether oxygens (including phenoxy) is 1. The minimum atomic E-state index is -0.738. The maximum Gasteiger partial charge on any atom is 0.140 e. The van der Waals surface area contributed by atoms with E-state index >= 15 is 0 Å². The van der Waals surface area contributed by atoms with Gasteiger partial charge in [0.2, 0.25) is 0 Å². The Morgan fingerprint density at radius 3 is 2.24 bits per heavy atom.